The molecule has 1 aliphatic carbocycles. The SMILES string of the molecule is CC1ONC2(CCCCC2Oc2ccccc2)S1. The maximum Gasteiger partial charge on any atom is 0.128 e. The average molecular weight is 265 g/mol. The van der Waals surface area contributed by atoms with E-state index in [9.17, 15) is 0 Å². The summed E-state index contributed by atoms with van der Waals surface area (Å²) in [5.41, 5.74) is 3.43. The zero-order valence-corrected chi connectivity index (χ0v) is 11.4. The minimum Gasteiger partial charge on any atom is -0.488 e. The maximum atomic E-state index is 6.18. The number of hydrogen-bond donors (Lipinski definition) is 1. The van der Waals surface area contributed by atoms with Gasteiger partial charge in [0.15, 0.2) is 0 Å². The largest absolute Gasteiger partial charge is 0.488 e. The molecule has 4 heteroatoms. The fraction of sp³-hybridized carbons (Fsp3) is 0.571. The lowest BCUT2D eigenvalue weighted by Gasteiger charge is -2.39. The molecule has 1 saturated heterocycles. The minimum absolute atomic E-state index is 0.0620. The quantitative estimate of drug-likeness (QED) is 0.888. The summed E-state index contributed by atoms with van der Waals surface area (Å²) in [6.45, 7) is 2.08. The number of hydrogen-bond acceptors (Lipinski definition) is 4. The predicted molar refractivity (Wildman–Crippen MR) is 73.3 cm³/mol. The third kappa shape index (κ3) is 2.37. The molecule has 2 fully saturated rings. The second-order valence-corrected chi connectivity index (χ2v) is 6.59. The molecule has 1 spiro atoms. The van der Waals surface area contributed by atoms with Crippen LogP contribution in [0, 0.1) is 0 Å². The molecular weight excluding hydrogens is 246 g/mol. The summed E-state index contributed by atoms with van der Waals surface area (Å²) in [6, 6.07) is 10.1. The van der Waals surface area contributed by atoms with Crippen LogP contribution in [0.4, 0.5) is 0 Å². The van der Waals surface area contributed by atoms with Crippen LogP contribution in [0.5, 0.6) is 5.75 Å². The Bertz CT molecular complexity index is 396. The molecule has 18 heavy (non-hydrogen) atoms. The van der Waals surface area contributed by atoms with E-state index in [4.69, 9.17) is 9.57 Å². The van der Waals surface area contributed by atoms with Crippen molar-refractivity contribution in [3.63, 3.8) is 0 Å². The van der Waals surface area contributed by atoms with E-state index in [1.54, 1.807) is 0 Å². The van der Waals surface area contributed by atoms with Gasteiger partial charge in [-0.3, -0.25) is 4.84 Å². The zero-order valence-electron chi connectivity index (χ0n) is 10.6. The number of nitrogens with one attached hydrogen (secondary N) is 1. The van der Waals surface area contributed by atoms with Gasteiger partial charge in [-0.2, -0.15) is 5.48 Å². The number of hydroxylamine groups is 1. The highest BCUT2D eigenvalue weighted by atomic mass is 32.2. The van der Waals surface area contributed by atoms with Crippen LogP contribution < -0.4 is 10.2 Å². The highest BCUT2D eigenvalue weighted by Gasteiger charge is 2.48. The van der Waals surface area contributed by atoms with Gasteiger partial charge in [0.1, 0.15) is 22.2 Å². The molecule has 3 rings (SSSR count). The minimum atomic E-state index is -0.0620. The van der Waals surface area contributed by atoms with Crippen LogP contribution in [0.3, 0.4) is 0 Å². The summed E-state index contributed by atoms with van der Waals surface area (Å²) in [4.78, 5) is 5.49. The Labute approximate surface area is 112 Å². The van der Waals surface area contributed by atoms with Gasteiger partial charge in [-0.05, 0) is 38.3 Å². The first-order chi connectivity index (χ1) is 8.78. The molecule has 3 unspecified atom stereocenters. The van der Waals surface area contributed by atoms with Crippen molar-refractivity contribution in [2.24, 2.45) is 0 Å². The van der Waals surface area contributed by atoms with Crippen LogP contribution in [0.15, 0.2) is 30.3 Å². The molecule has 1 N–H and O–H groups in total. The molecule has 0 radical (unpaired) electrons. The lowest BCUT2D eigenvalue weighted by Crippen LogP contribution is -2.52. The lowest BCUT2D eigenvalue weighted by molar-refractivity contribution is -0.0255. The number of para-hydroxylation sites is 1. The van der Waals surface area contributed by atoms with Crippen molar-refractivity contribution in [3.05, 3.63) is 30.3 Å². The van der Waals surface area contributed by atoms with Gasteiger partial charge < -0.3 is 4.74 Å². The first-order valence-corrected chi connectivity index (χ1v) is 7.49. The van der Waals surface area contributed by atoms with Gasteiger partial charge >= 0.3 is 0 Å². The number of benzene rings is 1. The molecule has 98 valence electrons. The molecule has 1 aromatic carbocycles. The molecule has 1 aliphatic heterocycles. The Morgan fingerprint density at radius 1 is 1.33 bits per heavy atom. The normalized spacial score (nSPS) is 35.8. The van der Waals surface area contributed by atoms with Gasteiger partial charge in [0.2, 0.25) is 0 Å². The number of rotatable bonds is 2. The van der Waals surface area contributed by atoms with Crippen molar-refractivity contribution in [1.82, 2.24) is 5.48 Å². The van der Waals surface area contributed by atoms with E-state index in [0.29, 0.717) is 0 Å². The van der Waals surface area contributed by atoms with E-state index in [2.05, 4.69) is 12.4 Å². The van der Waals surface area contributed by atoms with Crippen LogP contribution in [-0.4, -0.2) is 16.4 Å². The van der Waals surface area contributed by atoms with Crippen LogP contribution in [0.25, 0.3) is 0 Å². The van der Waals surface area contributed by atoms with Gasteiger partial charge in [0.25, 0.3) is 0 Å². The van der Waals surface area contributed by atoms with Crippen LogP contribution >= 0.6 is 11.8 Å². The molecule has 1 saturated carbocycles. The molecule has 1 heterocycles. The average Bonchev–Trinajstić information content (AvgIpc) is 2.76. The van der Waals surface area contributed by atoms with Crippen molar-refractivity contribution in [2.45, 2.75) is 49.0 Å². The third-order valence-corrected chi connectivity index (χ3v) is 4.98. The van der Waals surface area contributed by atoms with E-state index < -0.39 is 0 Å². The van der Waals surface area contributed by atoms with Crippen LogP contribution in [-0.2, 0) is 4.84 Å². The second-order valence-electron chi connectivity index (χ2n) is 4.96. The Balaban J connectivity index is 1.76. The summed E-state index contributed by atoms with van der Waals surface area (Å²) in [5, 5.41) is 0. The molecule has 0 aromatic heterocycles. The Hall–Kier alpha value is -0.710. The van der Waals surface area contributed by atoms with Gasteiger partial charge in [0.05, 0.1) is 0 Å². The maximum absolute atomic E-state index is 6.18. The van der Waals surface area contributed by atoms with Gasteiger partial charge in [-0.25, -0.2) is 0 Å². The van der Waals surface area contributed by atoms with Gasteiger partial charge in [-0.15, -0.1) is 11.8 Å². The van der Waals surface area contributed by atoms with Gasteiger partial charge in [0, 0.05) is 0 Å². The van der Waals surface area contributed by atoms with Gasteiger partial charge in [-0.1, -0.05) is 24.6 Å². The summed E-state index contributed by atoms with van der Waals surface area (Å²) in [6.07, 6.45) is 4.86. The molecule has 2 aliphatic rings. The molecule has 3 nitrogen and oxygen atoms in total. The molecule has 0 bridgehead atoms. The zero-order chi connectivity index (χ0) is 12.4. The predicted octanol–water partition coefficient (Wildman–Crippen LogP) is 3.32. The Morgan fingerprint density at radius 2 is 2.17 bits per heavy atom. The fourth-order valence-electron chi connectivity index (χ4n) is 2.71. The fourth-order valence-corrected chi connectivity index (χ4v) is 4.07. The number of thioether (sulfide) groups is 1. The highest BCUT2D eigenvalue weighted by Crippen LogP contribution is 2.45. The van der Waals surface area contributed by atoms with Crippen molar-refractivity contribution in [3.8, 4) is 5.75 Å². The van der Waals surface area contributed by atoms with Crippen molar-refractivity contribution in [1.29, 1.82) is 0 Å². The summed E-state index contributed by atoms with van der Waals surface area (Å²) >= 11 is 1.86. The van der Waals surface area contributed by atoms with E-state index in [1.807, 2.05) is 42.1 Å². The number of ether oxygens (including phenoxy) is 1. The van der Waals surface area contributed by atoms with Crippen LogP contribution in [0.1, 0.15) is 32.6 Å². The summed E-state index contributed by atoms with van der Waals surface area (Å²) in [5.74, 6) is 0.950. The van der Waals surface area contributed by atoms with E-state index >= 15 is 0 Å². The monoisotopic (exact) mass is 265 g/mol. The third-order valence-electron chi connectivity index (χ3n) is 3.58. The van der Waals surface area contributed by atoms with Crippen LogP contribution in [0.2, 0.25) is 0 Å². The Kier molecular flexibility index (Phi) is 3.50. The summed E-state index contributed by atoms with van der Waals surface area (Å²) < 4.78 is 6.18. The molecule has 3 atom stereocenters. The van der Waals surface area contributed by atoms with Crippen molar-refractivity contribution < 1.29 is 9.57 Å². The molecule has 1 aromatic rings. The first-order valence-electron chi connectivity index (χ1n) is 6.61. The standard InChI is InChI=1S/C14H19NO2S/c1-11-17-15-14(18-11)10-6-5-9-13(14)16-12-7-3-2-4-8-12/h2-4,7-8,11,13,15H,5-6,9-10H2,1H3. The van der Waals surface area contributed by atoms with E-state index in [1.165, 1.54) is 12.8 Å². The topological polar surface area (TPSA) is 30.5 Å². The van der Waals surface area contributed by atoms with E-state index in [0.717, 1.165) is 18.6 Å². The van der Waals surface area contributed by atoms with Crippen molar-refractivity contribution in [2.75, 3.05) is 0 Å². The summed E-state index contributed by atoms with van der Waals surface area (Å²) in [7, 11) is 0. The smallest absolute Gasteiger partial charge is 0.128 e. The second kappa shape index (κ2) is 5.11. The van der Waals surface area contributed by atoms with E-state index in [-0.39, 0.29) is 16.4 Å². The highest BCUT2D eigenvalue weighted by molar-refractivity contribution is 8.01. The molecular formula is C14H19NO2S. The Morgan fingerprint density at radius 3 is 2.89 bits per heavy atom. The molecule has 0 amide bonds. The lowest BCUT2D eigenvalue weighted by atomic mass is 9.92. The van der Waals surface area contributed by atoms with Crippen molar-refractivity contribution >= 4 is 11.8 Å². The first kappa shape index (κ1) is 12.3.